The minimum Gasteiger partial charge on any atom is -0.504 e. The number of phenols is 1. The molecule has 0 saturated carbocycles. The predicted octanol–water partition coefficient (Wildman–Crippen LogP) is 2.99. The Morgan fingerprint density at radius 1 is 1.24 bits per heavy atom. The highest BCUT2D eigenvalue weighted by atomic mass is 16.5. The molecule has 3 rings (SSSR count). The van der Waals surface area contributed by atoms with Gasteiger partial charge < -0.3 is 14.3 Å². The van der Waals surface area contributed by atoms with E-state index in [1.54, 1.807) is 18.2 Å². The van der Waals surface area contributed by atoms with E-state index >= 15 is 0 Å². The van der Waals surface area contributed by atoms with Crippen LogP contribution in [0.25, 0.3) is 11.1 Å². The Kier molecular flexibility index (Phi) is 3.42. The summed E-state index contributed by atoms with van der Waals surface area (Å²) in [5, 5.41) is 13.9. The number of nitrogens with zero attached hydrogens (tertiary/aromatic N) is 2. The van der Waals surface area contributed by atoms with Gasteiger partial charge >= 0.3 is 6.01 Å². The summed E-state index contributed by atoms with van der Waals surface area (Å²) in [7, 11) is 1.49. The molecule has 0 saturated heterocycles. The Hall–Kier alpha value is -3.02. The van der Waals surface area contributed by atoms with Crippen LogP contribution >= 0.6 is 0 Å². The fourth-order valence-corrected chi connectivity index (χ4v) is 1.89. The van der Waals surface area contributed by atoms with Crippen molar-refractivity contribution >= 4 is 23.3 Å². The van der Waals surface area contributed by atoms with Gasteiger partial charge in [0.15, 0.2) is 17.1 Å². The number of ether oxygens (including phenoxy) is 1. The lowest BCUT2D eigenvalue weighted by Crippen LogP contribution is -1.92. The molecule has 0 amide bonds. The molecular weight excluding hydrogens is 270 g/mol. The van der Waals surface area contributed by atoms with E-state index in [4.69, 9.17) is 9.15 Å². The number of methoxy groups -OCH3 is 1. The third-order valence-electron chi connectivity index (χ3n) is 2.91. The van der Waals surface area contributed by atoms with Gasteiger partial charge in [-0.1, -0.05) is 18.2 Å². The van der Waals surface area contributed by atoms with Crippen molar-refractivity contribution in [2.24, 2.45) is 5.10 Å². The van der Waals surface area contributed by atoms with Crippen LogP contribution in [0.15, 0.2) is 52.0 Å². The summed E-state index contributed by atoms with van der Waals surface area (Å²) in [6.45, 7) is 0. The number of fused-ring (bicyclic) bond motifs is 1. The summed E-state index contributed by atoms with van der Waals surface area (Å²) in [5.41, 5.74) is 4.64. The first kappa shape index (κ1) is 13.0. The molecule has 6 nitrogen and oxygen atoms in total. The van der Waals surface area contributed by atoms with E-state index in [9.17, 15) is 5.11 Å². The predicted molar refractivity (Wildman–Crippen MR) is 79.9 cm³/mol. The van der Waals surface area contributed by atoms with Gasteiger partial charge in [0.1, 0.15) is 5.52 Å². The van der Waals surface area contributed by atoms with Crippen LogP contribution < -0.4 is 10.2 Å². The number of phenolic OH excluding ortho intramolecular Hbond substituents is 1. The topological polar surface area (TPSA) is 79.9 Å². The second kappa shape index (κ2) is 5.54. The number of anilines is 1. The average molecular weight is 283 g/mol. The number of para-hydroxylation sites is 3. The molecule has 2 N–H and O–H groups in total. The molecule has 0 aliphatic rings. The van der Waals surface area contributed by atoms with Gasteiger partial charge in [0, 0.05) is 5.56 Å². The summed E-state index contributed by atoms with van der Waals surface area (Å²) in [6.07, 6.45) is 1.46. The molecule has 0 aliphatic heterocycles. The first-order valence-electron chi connectivity index (χ1n) is 6.28. The van der Waals surface area contributed by atoms with Gasteiger partial charge in [0.25, 0.3) is 0 Å². The second-order valence-corrected chi connectivity index (χ2v) is 4.25. The van der Waals surface area contributed by atoms with E-state index in [1.807, 2.05) is 24.3 Å². The molecule has 0 radical (unpaired) electrons. The highest BCUT2D eigenvalue weighted by Crippen LogP contribution is 2.28. The quantitative estimate of drug-likeness (QED) is 0.568. The summed E-state index contributed by atoms with van der Waals surface area (Å²) in [5.74, 6) is 0.420. The van der Waals surface area contributed by atoms with E-state index in [1.165, 1.54) is 13.3 Å². The number of rotatable bonds is 4. The fraction of sp³-hybridized carbons (Fsp3) is 0.0667. The standard InChI is InChI=1S/C15H13N3O3/c1-20-13-8-4-5-10(14(13)19)9-16-18-15-17-11-6-2-3-7-12(11)21-15/h2-9,19H,1H3,(H,17,18)/b16-9-. The Balaban J connectivity index is 1.78. The van der Waals surface area contributed by atoms with E-state index in [-0.39, 0.29) is 11.8 Å². The molecular formula is C15H13N3O3. The normalized spacial score (nSPS) is 11.1. The number of aromatic hydroxyl groups is 1. The smallest absolute Gasteiger partial charge is 0.316 e. The Morgan fingerprint density at radius 2 is 2.10 bits per heavy atom. The molecule has 0 atom stereocenters. The number of hydrogen-bond acceptors (Lipinski definition) is 6. The monoisotopic (exact) mass is 283 g/mol. The van der Waals surface area contributed by atoms with Crippen LogP contribution in [0.5, 0.6) is 11.5 Å². The van der Waals surface area contributed by atoms with Crippen molar-refractivity contribution in [1.29, 1.82) is 0 Å². The molecule has 2 aromatic carbocycles. The number of benzene rings is 2. The number of oxazole rings is 1. The third kappa shape index (κ3) is 2.64. The molecule has 0 spiro atoms. The Bertz CT molecular complexity index is 763. The number of hydrazone groups is 1. The van der Waals surface area contributed by atoms with Crippen molar-refractivity contribution in [1.82, 2.24) is 4.98 Å². The first-order valence-corrected chi connectivity index (χ1v) is 6.28. The Morgan fingerprint density at radius 3 is 2.90 bits per heavy atom. The van der Waals surface area contributed by atoms with Crippen molar-refractivity contribution in [2.75, 3.05) is 12.5 Å². The number of nitrogens with one attached hydrogen (secondary N) is 1. The minimum absolute atomic E-state index is 0.0307. The van der Waals surface area contributed by atoms with Crippen LogP contribution in [0, 0.1) is 0 Å². The summed E-state index contributed by atoms with van der Waals surface area (Å²) in [6, 6.07) is 12.9. The van der Waals surface area contributed by atoms with Crippen LogP contribution in [-0.4, -0.2) is 23.4 Å². The minimum atomic E-state index is 0.0307. The maximum atomic E-state index is 9.92. The van der Waals surface area contributed by atoms with Gasteiger partial charge in [0.05, 0.1) is 13.3 Å². The van der Waals surface area contributed by atoms with Gasteiger partial charge in [-0.15, -0.1) is 0 Å². The summed E-state index contributed by atoms with van der Waals surface area (Å²) < 4.78 is 10.5. The average Bonchev–Trinajstić information content (AvgIpc) is 2.91. The zero-order valence-corrected chi connectivity index (χ0v) is 11.3. The maximum absolute atomic E-state index is 9.92. The summed E-state index contributed by atoms with van der Waals surface area (Å²) in [4.78, 5) is 4.22. The molecule has 0 unspecified atom stereocenters. The van der Waals surface area contributed by atoms with Gasteiger partial charge in [-0.25, -0.2) is 5.43 Å². The fourth-order valence-electron chi connectivity index (χ4n) is 1.89. The van der Waals surface area contributed by atoms with Gasteiger partial charge in [-0.05, 0) is 24.3 Å². The lowest BCUT2D eigenvalue weighted by molar-refractivity contribution is 0.373. The van der Waals surface area contributed by atoms with E-state index < -0.39 is 0 Å². The van der Waals surface area contributed by atoms with Crippen LogP contribution in [0.1, 0.15) is 5.56 Å². The van der Waals surface area contributed by atoms with Crippen molar-refractivity contribution in [3.63, 3.8) is 0 Å². The van der Waals surface area contributed by atoms with E-state index in [2.05, 4.69) is 15.5 Å². The molecule has 21 heavy (non-hydrogen) atoms. The zero-order chi connectivity index (χ0) is 14.7. The van der Waals surface area contributed by atoms with Crippen LogP contribution in [0.2, 0.25) is 0 Å². The second-order valence-electron chi connectivity index (χ2n) is 4.25. The molecule has 1 aromatic heterocycles. The van der Waals surface area contributed by atoms with Crippen molar-refractivity contribution in [3.05, 3.63) is 48.0 Å². The van der Waals surface area contributed by atoms with Crippen LogP contribution in [0.4, 0.5) is 6.01 Å². The molecule has 0 aliphatic carbocycles. The number of aromatic nitrogens is 1. The molecule has 0 bridgehead atoms. The van der Waals surface area contributed by atoms with Crippen LogP contribution in [0.3, 0.4) is 0 Å². The summed E-state index contributed by atoms with van der Waals surface area (Å²) >= 11 is 0. The maximum Gasteiger partial charge on any atom is 0.316 e. The Labute approximate surface area is 120 Å². The zero-order valence-electron chi connectivity index (χ0n) is 11.3. The van der Waals surface area contributed by atoms with Gasteiger partial charge in [0.2, 0.25) is 0 Å². The molecule has 0 fully saturated rings. The van der Waals surface area contributed by atoms with Gasteiger partial charge in [-0.2, -0.15) is 10.1 Å². The SMILES string of the molecule is COc1cccc(/C=N\Nc2nc3ccccc3o2)c1O. The molecule has 3 aromatic rings. The van der Waals surface area contributed by atoms with Crippen LogP contribution in [-0.2, 0) is 0 Å². The first-order chi connectivity index (χ1) is 10.3. The lowest BCUT2D eigenvalue weighted by atomic mass is 10.2. The van der Waals surface area contributed by atoms with Crippen molar-refractivity contribution in [2.45, 2.75) is 0 Å². The third-order valence-corrected chi connectivity index (χ3v) is 2.91. The lowest BCUT2D eigenvalue weighted by Gasteiger charge is -2.04. The van der Waals surface area contributed by atoms with E-state index in [0.29, 0.717) is 16.9 Å². The van der Waals surface area contributed by atoms with Crippen molar-refractivity contribution < 1.29 is 14.3 Å². The highest BCUT2D eigenvalue weighted by Gasteiger charge is 2.05. The van der Waals surface area contributed by atoms with Gasteiger partial charge in [-0.3, -0.25) is 0 Å². The molecule has 6 heteroatoms. The molecule has 106 valence electrons. The number of hydrogen-bond donors (Lipinski definition) is 2. The largest absolute Gasteiger partial charge is 0.504 e. The highest BCUT2D eigenvalue weighted by molar-refractivity contribution is 5.85. The van der Waals surface area contributed by atoms with E-state index in [0.717, 1.165) is 5.52 Å². The van der Waals surface area contributed by atoms with Crippen molar-refractivity contribution in [3.8, 4) is 11.5 Å². The molecule has 1 heterocycles.